The van der Waals surface area contributed by atoms with E-state index in [2.05, 4.69) is 5.32 Å². The summed E-state index contributed by atoms with van der Waals surface area (Å²) in [5, 5.41) is 13.0. The van der Waals surface area contributed by atoms with E-state index in [1.54, 1.807) is 42.1 Å². The van der Waals surface area contributed by atoms with E-state index >= 15 is 0 Å². The molecule has 0 saturated carbocycles. The molecule has 0 spiro atoms. The minimum atomic E-state index is -0.465. The van der Waals surface area contributed by atoms with E-state index in [0.717, 1.165) is 5.56 Å². The fourth-order valence-corrected chi connectivity index (χ4v) is 3.83. The number of furan rings is 2. The Morgan fingerprint density at radius 1 is 1.22 bits per heavy atom. The fourth-order valence-electron chi connectivity index (χ4n) is 3.70. The molecule has 3 heterocycles. The van der Waals surface area contributed by atoms with Gasteiger partial charge in [-0.3, -0.25) is 9.59 Å². The molecule has 7 nitrogen and oxygen atoms in total. The predicted octanol–water partition coefficient (Wildman–Crippen LogP) is 4.21. The first-order valence-electron chi connectivity index (χ1n) is 10.3. The predicted molar refractivity (Wildman–Crippen MR) is 121 cm³/mol. The summed E-state index contributed by atoms with van der Waals surface area (Å²) in [5.74, 6) is 0.530. The normalized spacial score (nSPS) is 12.2. The first-order chi connectivity index (χ1) is 15.5. The number of benzene rings is 1. The van der Waals surface area contributed by atoms with Gasteiger partial charge in [0.1, 0.15) is 17.1 Å². The maximum Gasteiger partial charge on any atom is 0.257 e. The summed E-state index contributed by atoms with van der Waals surface area (Å²) in [4.78, 5) is 25.8. The van der Waals surface area contributed by atoms with E-state index in [1.165, 1.54) is 6.20 Å². The maximum atomic E-state index is 13.1. The molecule has 166 valence electrons. The average Bonchev–Trinajstić information content (AvgIpc) is 3.47. The lowest BCUT2D eigenvalue weighted by Crippen LogP contribution is -2.29. The molecule has 3 aromatic heterocycles. The third kappa shape index (κ3) is 4.49. The van der Waals surface area contributed by atoms with E-state index < -0.39 is 11.3 Å². The number of carbonyl (C=O) groups excluding carboxylic acids is 1. The first kappa shape index (κ1) is 21.9. The van der Waals surface area contributed by atoms with E-state index in [1.807, 2.05) is 18.2 Å². The summed E-state index contributed by atoms with van der Waals surface area (Å²) < 4.78 is 13.2. The van der Waals surface area contributed by atoms with Gasteiger partial charge in [0.15, 0.2) is 0 Å². The van der Waals surface area contributed by atoms with Gasteiger partial charge in [0.25, 0.3) is 5.91 Å². The van der Waals surface area contributed by atoms with Gasteiger partial charge < -0.3 is 23.8 Å². The van der Waals surface area contributed by atoms with Crippen LogP contribution >= 0.6 is 11.6 Å². The van der Waals surface area contributed by atoms with Crippen LogP contribution in [0.25, 0.3) is 11.1 Å². The second kappa shape index (κ2) is 9.46. The van der Waals surface area contributed by atoms with Crippen molar-refractivity contribution in [1.29, 1.82) is 0 Å². The van der Waals surface area contributed by atoms with Crippen LogP contribution < -0.4 is 10.7 Å². The molecule has 4 rings (SSSR count). The molecule has 0 aliphatic heterocycles. The first-order valence-corrected chi connectivity index (χ1v) is 10.7. The molecule has 0 bridgehead atoms. The van der Waals surface area contributed by atoms with Crippen molar-refractivity contribution in [2.75, 3.05) is 6.61 Å². The second-order valence-corrected chi connectivity index (χ2v) is 8.03. The molecule has 1 aromatic carbocycles. The molecule has 4 aromatic rings. The zero-order valence-corrected chi connectivity index (χ0v) is 18.3. The van der Waals surface area contributed by atoms with Crippen molar-refractivity contribution in [3.05, 3.63) is 92.8 Å². The summed E-state index contributed by atoms with van der Waals surface area (Å²) in [6.07, 6.45) is 4.20. The van der Waals surface area contributed by atoms with Crippen molar-refractivity contribution in [3.63, 3.8) is 0 Å². The lowest BCUT2D eigenvalue weighted by Gasteiger charge is -2.10. The van der Waals surface area contributed by atoms with Crippen LogP contribution in [0.5, 0.6) is 0 Å². The zero-order valence-electron chi connectivity index (χ0n) is 17.5. The molecule has 0 radical (unpaired) electrons. The number of aliphatic hydroxyl groups excluding tert-OH is 1. The van der Waals surface area contributed by atoms with E-state index in [0.29, 0.717) is 40.5 Å². The van der Waals surface area contributed by atoms with Gasteiger partial charge >= 0.3 is 0 Å². The summed E-state index contributed by atoms with van der Waals surface area (Å²) in [6, 6.07) is 12.4. The molecule has 0 fully saturated rings. The number of hydrogen-bond acceptors (Lipinski definition) is 5. The molecule has 32 heavy (non-hydrogen) atoms. The van der Waals surface area contributed by atoms with Crippen LogP contribution in [0.15, 0.2) is 68.6 Å². The second-order valence-electron chi connectivity index (χ2n) is 7.59. The van der Waals surface area contributed by atoms with Crippen LogP contribution in [0.2, 0.25) is 5.02 Å². The Morgan fingerprint density at radius 2 is 2.00 bits per heavy atom. The third-order valence-corrected chi connectivity index (χ3v) is 5.61. The van der Waals surface area contributed by atoms with Crippen LogP contribution in [0.1, 0.15) is 46.2 Å². The van der Waals surface area contributed by atoms with Crippen LogP contribution in [-0.2, 0) is 13.6 Å². The van der Waals surface area contributed by atoms with Crippen molar-refractivity contribution in [2.45, 2.75) is 25.3 Å². The zero-order chi connectivity index (χ0) is 22.7. The number of rotatable bonds is 8. The van der Waals surface area contributed by atoms with Gasteiger partial charge in [-0.2, -0.15) is 0 Å². The minimum absolute atomic E-state index is 0.0335. The highest BCUT2D eigenvalue weighted by molar-refractivity contribution is 6.30. The lowest BCUT2D eigenvalue weighted by atomic mass is 9.97. The molecule has 1 atom stereocenters. The van der Waals surface area contributed by atoms with E-state index in [4.69, 9.17) is 20.4 Å². The van der Waals surface area contributed by atoms with Gasteiger partial charge in [-0.1, -0.05) is 23.7 Å². The van der Waals surface area contributed by atoms with Crippen molar-refractivity contribution in [2.24, 2.45) is 7.05 Å². The highest BCUT2D eigenvalue weighted by Gasteiger charge is 2.24. The number of halogens is 1. The summed E-state index contributed by atoms with van der Waals surface area (Å²) in [7, 11) is 1.72. The molecular formula is C24H23ClN2O5. The van der Waals surface area contributed by atoms with E-state index in [-0.39, 0.29) is 24.6 Å². The Labute approximate surface area is 189 Å². The van der Waals surface area contributed by atoms with Gasteiger partial charge in [-0.05, 0) is 48.7 Å². The Kier molecular flexibility index (Phi) is 6.48. The number of aryl methyl sites for hydroxylation is 1. The van der Waals surface area contributed by atoms with Gasteiger partial charge in [-0.15, -0.1) is 0 Å². The minimum Gasteiger partial charge on any atom is -0.469 e. The van der Waals surface area contributed by atoms with Crippen LogP contribution in [-0.4, -0.2) is 22.2 Å². The monoisotopic (exact) mass is 454 g/mol. The Balaban J connectivity index is 1.64. The van der Waals surface area contributed by atoms with Gasteiger partial charge in [-0.25, -0.2) is 0 Å². The van der Waals surface area contributed by atoms with Crippen LogP contribution in [0.3, 0.4) is 0 Å². The molecule has 0 aliphatic rings. The summed E-state index contributed by atoms with van der Waals surface area (Å²) >= 11 is 5.89. The van der Waals surface area contributed by atoms with Crippen LogP contribution in [0, 0.1) is 0 Å². The smallest absolute Gasteiger partial charge is 0.257 e. The number of aliphatic hydroxyl groups is 1. The Hall–Kier alpha value is -3.29. The average molecular weight is 455 g/mol. The number of fused-ring (bicyclic) bond motifs is 1. The molecular weight excluding hydrogens is 432 g/mol. The number of hydrogen-bond donors (Lipinski definition) is 2. The summed E-state index contributed by atoms with van der Waals surface area (Å²) in [5.41, 5.74) is 0.879. The highest BCUT2D eigenvalue weighted by Crippen LogP contribution is 2.32. The Morgan fingerprint density at radius 3 is 2.69 bits per heavy atom. The number of nitrogens with zero attached hydrogens (tertiary/aromatic N) is 1. The number of amides is 1. The summed E-state index contributed by atoms with van der Waals surface area (Å²) in [6.45, 7) is 0.311. The van der Waals surface area contributed by atoms with Gasteiger partial charge in [0.05, 0.1) is 17.6 Å². The molecule has 0 saturated heterocycles. The fraction of sp³-hybridized carbons (Fsp3) is 0.250. The van der Waals surface area contributed by atoms with Crippen molar-refractivity contribution in [3.8, 4) is 0 Å². The van der Waals surface area contributed by atoms with Crippen molar-refractivity contribution >= 4 is 28.6 Å². The third-order valence-electron chi connectivity index (χ3n) is 5.36. The molecule has 8 heteroatoms. The highest BCUT2D eigenvalue weighted by atomic mass is 35.5. The number of carbonyl (C=O) groups is 1. The standard InChI is InChI=1S/C24H23ClN2O5/c1-27-14-19(23(30)26-13-15-6-8-16(25)9-7-15)22(29)18-12-21(32-24(18)27)17(4-2-10-28)20-5-3-11-31-20/h3,5-9,11-12,14,17,28H,2,4,10,13H2,1H3,(H,26,30). The number of aromatic nitrogens is 1. The van der Waals surface area contributed by atoms with Gasteiger partial charge in [0.2, 0.25) is 11.1 Å². The Bertz CT molecular complexity index is 1270. The van der Waals surface area contributed by atoms with Crippen molar-refractivity contribution in [1.82, 2.24) is 9.88 Å². The van der Waals surface area contributed by atoms with Gasteiger partial charge in [0, 0.05) is 31.4 Å². The largest absolute Gasteiger partial charge is 0.469 e. The maximum absolute atomic E-state index is 13.1. The molecule has 0 aliphatic carbocycles. The quantitative estimate of drug-likeness (QED) is 0.415. The SMILES string of the molecule is Cn1cc(C(=O)NCc2ccc(Cl)cc2)c(=O)c2cc(C(CCCO)c3ccco3)oc21. The molecule has 2 N–H and O–H groups in total. The van der Waals surface area contributed by atoms with Crippen molar-refractivity contribution < 1.29 is 18.7 Å². The lowest BCUT2D eigenvalue weighted by molar-refractivity contribution is 0.0949. The topological polar surface area (TPSA) is 97.6 Å². The number of pyridine rings is 1. The molecule has 1 amide bonds. The van der Waals surface area contributed by atoms with E-state index in [9.17, 15) is 14.7 Å². The molecule has 1 unspecified atom stereocenters. The number of nitrogens with one attached hydrogen (secondary N) is 1. The van der Waals surface area contributed by atoms with Crippen LogP contribution in [0.4, 0.5) is 0 Å².